The second kappa shape index (κ2) is 7.69. The minimum Gasteiger partial charge on any atom is -0.361 e. The summed E-state index contributed by atoms with van der Waals surface area (Å²) < 4.78 is 1.03. The predicted octanol–water partition coefficient (Wildman–Crippen LogP) is 3.46. The van der Waals surface area contributed by atoms with Crippen LogP contribution in [0.5, 0.6) is 0 Å². The lowest BCUT2D eigenvalue weighted by Crippen LogP contribution is -2.44. The molecule has 3 rings (SSSR count). The van der Waals surface area contributed by atoms with Gasteiger partial charge in [-0.3, -0.25) is 9.59 Å². The zero-order valence-corrected chi connectivity index (χ0v) is 15.8. The minimum absolute atomic E-state index is 0.234. The number of fused-ring (bicyclic) bond motifs is 1. The molecule has 2 aromatic carbocycles. The van der Waals surface area contributed by atoms with Gasteiger partial charge in [0, 0.05) is 39.7 Å². The largest absolute Gasteiger partial charge is 0.361 e. The molecule has 0 aliphatic carbocycles. The van der Waals surface area contributed by atoms with Gasteiger partial charge in [-0.05, 0) is 52.4 Å². The third-order valence-corrected chi connectivity index (χ3v) is 4.56. The summed E-state index contributed by atoms with van der Waals surface area (Å²) in [5.41, 5.74) is 2.72. The first-order valence-electron chi connectivity index (χ1n) is 7.91. The summed E-state index contributed by atoms with van der Waals surface area (Å²) >= 11 is 2.19. The maximum atomic E-state index is 12.7. The van der Waals surface area contributed by atoms with Crippen molar-refractivity contribution in [2.75, 3.05) is 5.32 Å². The second-order valence-corrected chi connectivity index (χ2v) is 7.06. The molecule has 0 saturated heterocycles. The fraction of sp³-hybridized carbons (Fsp3) is 0.158. The van der Waals surface area contributed by atoms with Crippen LogP contribution in [0.3, 0.4) is 0 Å². The maximum Gasteiger partial charge on any atom is 0.247 e. The number of hydrogen-bond acceptors (Lipinski definition) is 2. The molecule has 0 unspecified atom stereocenters. The fourth-order valence-electron chi connectivity index (χ4n) is 2.77. The van der Waals surface area contributed by atoms with Crippen LogP contribution in [-0.2, 0) is 16.0 Å². The monoisotopic (exact) mass is 447 g/mol. The van der Waals surface area contributed by atoms with Gasteiger partial charge in [0.05, 0.1) is 0 Å². The summed E-state index contributed by atoms with van der Waals surface area (Å²) in [6, 6.07) is 14.8. The van der Waals surface area contributed by atoms with E-state index in [0.29, 0.717) is 12.1 Å². The molecule has 0 aliphatic rings. The molecule has 6 heteroatoms. The summed E-state index contributed by atoms with van der Waals surface area (Å²) in [5.74, 6) is -0.467. The van der Waals surface area contributed by atoms with Gasteiger partial charge in [0.2, 0.25) is 11.8 Å². The predicted molar refractivity (Wildman–Crippen MR) is 107 cm³/mol. The fourth-order valence-corrected chi connectivity index (χ4v) is 3.31. The highest BCUT2D eigenvalue weighted by Crippen LogP contribution is 2.20. The standard InChI is InChI=1S/C19H18IN3O2/c1-12(24)22-18(19(25)23-15-6-4-5-14(20)10-15)9-13-11-21-17-8-3-2-7-16(13)17/h2-8,10-11,18,21H,9H2,1H3,(H,22,24)(H,23,25)/t18-/m0/s1. The summed E-state index contributed by atoms with van der Waals surface area (Å²) in [4.78, 5) is 27.4. The molecule has 0 bridgehead atoms. The molecular weight excluding hydrogens is 429 g/mol. The number of H-pyrrole nitrogens is 1. The summed E-state index contributed by atoms with van der Waals surface area (Å²) in [5, 5.41) is 6.69. The number of benzene rings is 2. The lowest BCUT2D eigenvalue weighted by atomic mass is 10.0. The van der Waals surface area contributed by atoms with Crippen LogP contribution in [0.1, 0.15) is 12.5 Å². The van der Waals surface area contributed by atoms with Crippen LogP contribution in [0.2, 0.25) is 0 Å². The highest BCUT2D eigenvalue weighted by molar-refractivity contribution is 14.1. The number of carbonyl (C=O) groups excluding carboxylic acids is 2. The van der Waals surface area contributed by atoms with Gasteiger partial charge in [0.15, 0.2) is 0 Å². The zero-order valence-electron chi connectivity index (χ0n) is 13.7. The van der Waals surface area contributed by atoms with Gasteiger partial charge in [-0.15, -0.1) is 0 Å². The van der Waals surface area contributed by atoms with Gasteiger partial charge in [0.25, 0.3) is 0 Å². The molecule has 2 amide bonds. The molecule has 0 saturated carbocycles. The number of halogens is 1. The first-order valence-corrected chi connectivity index (χ1v) is 8.99. The third kappa shape index (κ3) is 4.39. The van der Waals surface area contributed by atoms with Crippen molar-refractivity contribution in [1.82, 2.24) is 10.3 Å². The van der Waals surface area contributed by atoms with Crippen molar-refractivity contribution in [2.45, 2.75) is 19.4 Å². The smallest absolute Gasteiger partial charge is 0.247 e. The van der Waals surface area contributed by atoms with Crippen molar-refractivity contribution in [2.24, 2.45) is 0 Å². The minimum atomic E-state index is -0.644. The molecule has 3 aromatic rings. The van der Waals surface area contributed by atoms with Crippen molar-refractivity contribution < 1.29 is 9.59 Å². The van der Waals surface area contributed by atoms with E-state index >= 15 is 0 Å². The average molecular weight is 447 g/mol. The lowest BCUT2D eigenvalue weighted by Gasteiger charge is -2.17. The zero-order chi connectivity index (χ0) is 17.8. The number of anilines is 1. The number of nitrogens with one attached hydrogen (secondary N) is 3. The van der Waals surface area contributed by atoms with Crippen LogP contribution in [0.15, 0.2) is 54.7 Å². The Morgan fingerprint density at radius 1 is 1.16 bits per heavy atom. The van der Waals surface area contributed by atoms with Crippen LogP contribution < -0.4 is 10.6 Å². The Bertz CT molecular complexity index is 920. The van der Waals surface area contributed by atoms with E-state index in [0.717, 1.165) is 20.0 Å². The molecule has 0 radical (unpaired) electrons. The van der Waals surface area contributed by atoms with Crippen molar-refractivity contribution >= 4 is 51.0 Å². The molecule has 25 heavy (non-hydrogen) atoms. The van der Waals surface area contributed by atoms with Gasteiger partial charge in [0.1, 0.15) is 6.04 Å². The Hall–Kier alpha value is -2.35. The SMILES string of the molecule is CC(=O)N[C@@H](Cc1c[nH]c2ccccc12)C(=O)Nc1cccc(I)c1. The van der Waals surface area contributed by atoms with E-state index in [-0.39, 0.29) is 11.8 Å². The van der Waals surface area contributed by atoms with Gasteiger partial charge in [-0.25, -0.2) is 0 Å². The van der Waals surface area contributed by atoms with Crippen molar-refractivity contribution in [3.05, 3.63) is 63.9 Å². The Morgan fingerprint density at radius 3 is 2.72 bits per heavy atom. The van der Waals surface area contributed by atoms with Gasteiger partial charge < -0.3 is 15.6 Å². The molecule has 1 aromatic heterocycles. The van der Waals surface area contributed by atoms with Gasteiger partial charge in [-0.1, -0.05) is 24.3 Å². The first kappa shape index (κ1) is 17.5. The van der Waals surface area contributed by atoms with Crippen LogP contribution in [0.25, 0.3) is 10.9 Å². The number of para-hydroxylation sites is 1. The quantitative estimate of drug-likeness (QED) is 0.525. The van der Waals surface area contributed by atoms with Crippen molar-refractivity contribution in [3.63, 3.8) is 0 Å². The Labute approximate surface area is 159 Å². The molecule has 5 nitrogen and oxygen atoms in total. The van der Waals surface area contributed by atoms with E-state index in [4.69, 9.17) is 0 Å². The number of aromatic amines is 1. The molecule has 0 aliphatic heterocycles. The molecule has 1 heterocycles. The molecule has 128 valence electrons. The molecule has 0 fully saturated rings. The van der Waals surface area contributed by atoms with E-state index in [1.165, 1.54) is 6.92 Å². The van der Waals surface area contributed by atoms with E-state index in [1.54, 1.807) is 0 Å². The van der Waals surface area contributed by atoms with E-state index in [2.05, 4.69) is 38.2 Å². The number of hydrogen-bond donors (Lipinski definition) is 3. The number of rotatable bonds is 5. The van der Waals surface area contributed by atoms with E-state index in [1.807, 2.05) is 54.7 Å². The number of carbonyl (C=O) groups is 2. The Kier molecular flexibility index (Phi) is 5.37. The number of amides is 2. The second-order valence-electron chi connectivity index (χ2n) is 5.82. The molecule has 0 spiro atoms. The summed E-state index contributed by atoms with van der Waals surface area (Å²) in [7, 11) is 0. The Balaban J connectivity index is 1.81. The average Bonchev–Trinajstić information content (AvgIpc) is 2.97. The topological polar surface area (TPSA) is 74.0 Å². The van der Waals surface area contributed by atoms with Crippen LogP contribution in [-0.4, -0.2) is 22.8 Å². The van der Waals surface area contributed by atoms with Crippen molar-refractivity contribution in [3.8, 4) is 0 Å². The highest BCUT2D eigenvalue weighted by Gasteiger charge is 2.21. The van der Waals surface area contributed by atoms with Crippen LogP contribution >= 0.6 is 22.6 Å². The Morgan fingerprint density at radius 2 is 1.96 bits per heavy atom. The third-order valence-electron chi connectivity index (χ3n) is 3.89. The van der Waals surface area contributed by atoms with Crippen molar-refractivity contribution in [1.29, 1.82) is 0 Å². The lowest BCUT2D eigenvalue weighted by molar-refractivity contribution is -0.125. The molecule has 3 N–H and O–H groups in total. The van der Waals surface area contributed by atoms with Gasteiger partial charge >= 0.3 is 0 Å². The van der Waals surface area contributed by atoms with E-state index < -0.39 is 6.04 Å². The van der Waals surface area contributed by atoms with Gasteiger partial charge in [-0.2, -0.15) is 0 Å². The van der Waals surface area contributed by atoms with E-state index in [9.17, 15) is 9.59 Å². The molecule has 1 atom stereocenters. The highest BCUT2D eigenvalue weighted by atomic mass is 127. The van der Waals surface area contributed by atoms with Crippen LogP contribution in [0.4, 0.5) is 5.69 Å². The summed E-state index contributed by atoms with van der Waals surface area (Å²) in [6.07, 6.45) is 2.30. The van der Waals surface area contributed by atoms with Crippen LogP contribution in [0, 0.1) is 3.57 Å². The number of aromatic nitrogens is 1. The molecular formula is C19H18IN3O2. The normalized spacial score (nSPS) is 11.9. The first-order chi connectivity index (χ1) is 12.0. The maximum absolute atomic E-state index is 12.7. The summed E-state index contributed by atoms with van der Waals surface area (Å²) in [6.45, 7) is 1.42.